The maximum atomic E-state index is 14.6. The minimum Gasteiger partial charge on any atom is -0.408 e. The molecule has 0 radical (unpaired) electrons. The summed E-state index contributed by atoms with van der Waals surface area (Å²) in [6, 6.07) is 9.83. The molecule has 1 aliphatic carbocycles. The van der Waals surface area contributed by atoms with E-state index in [1.54, 1.807) is 29.2 Å². The van der Waals surface area contributed by atoms with Gasteiger partial charge in [0.05, 0.1) is 11.2 Å². The van der Waals surface area contributed by atoms with Crippen LogP contribution < -0.4 is 10.7 Å². The Labute approximate surface area is 148 Å². The number of fused-ring (bicyclic) bond motifs is 3. The van der Waals surface area contributed by atoms with Crippen LogP contribution in [0, 0.1) is 5.82 Å². The average Bonchev–Trinajstić information content (AvgIpc) is 3.32. The van der Waals surface area contributed by atoms with Crippen molar-refractivity contribution in [2.24, 2.45) is 0 Å². The number of hydrogen-bond acceptors (Lipinski definition) is 3. The number of H-pyrrole nitrogens is 1. The molecule has 2 heterocycles. The molecule has 5 rings (SSSR count). The second-order valence-electron chi connectivity index (χ2n) is 7.24. The van der Waals surface area contributed by atoms with E-state index < -0.39 is 5.76 Å². The fourth-order valence-electron chi connectivity index (χ4n) is 4.60. The van der Waals surface area contributed by atoms with Crippen LogP contribution in [-0.4, -0.2) is 17.4 Å². The molecule has 1 aromatic heterocycles. The lowest BCUT2D eigenvalue weighted by Gasteiger charge is -2.24. The van der Waals surface area contributed by atoms with E-state index in [0.717, 1.165) is 25.7 Å². The Morgan fingerprint density at radius 3 is 2.81 bits per heavy atom. The van der Waals surface area contributed by atoms with Crippen LogP contribution in [0.3, 0.4) is 0 Å². The topological polar surface area (TPSA) is 66.3 Å². The van der Waals surface area contributed by atoms with Gasteiger partial charge in [-0.2, -0.15) is 0 Å². The van der Waals surface area contributed by atoms with Crippen LogP contribution >= 0.6 is 0 Å². The van der Waals surface area contributed by atoms with Gasteiger partial charge < -0.3 is 9.32 Å². The van der Waals surface area contributed by atoms with Crippen molar-refractivity contribution in [3.63, 3.8) is 0 Å². The number of anilines is 1. The van der Waals surface area contributed by atoms with Crippen LogP contribution in [0.1, 0.15) is 41.6 Å². The first-order valence-electron chi connectivity index (χ1n) is 8.81. The predicted molar refractivity (Wildman–Crippen MR) is 95.1 cm³/mol. The van der Waals surface area contributed by atoms with E-state index in [4.69, 9.17) is 4.42 Å². The Hall–Kier alpha value is -2.89. The molecule has 6 heteroatoms. The van der Waals surface area contributed by atoms with Crippen molar-refractivity contribution < 1.29 is 13.6 Å². The lowest BCUT2D eigenvalue weighted by Crippen LogP contribution is -2.35. The highest BCUT2D eigenvalue weighted by molar-refractivity contribution is 6.09. The molecular weight excluding hydrogens is 335 g/mol. The fourth-order valence-corrected chi connectivity index (χ4v) is 4.60. The first-order chi connectivity index (χ1) is 12.6. The van der Waals surface area contributed by atoms with Crippen molar-refractivity contribution in [2.75, 3.05) is 11.4 Å². The minimum atomic E-state index is -0.553. The standard InChI is InChI=1S/C20H17FN2O3/c21-13-4-3-5-15-17(13)20(8-1-2-9-20)11-23(15)18(24)12-6-7-14-16(10-12)26-19(25)22-14/h3-7,10H,1-2,8-9,11H2,(H,22,25). The number of nitrogens with zero attached hydrogens (tertiary/aromatic N) is 1. The average molecular weight is 352 g/mol. The maximum Gasteiger partial charge on any atom is 0.417 e. The zero-order chi connectivity index (χ0) is 17.9. The zero-order valence-corrected chi connectivity index (χ0v) is 14.0. The van der Waals surface area contributed by atoms with Crippen molar-refractivity contribution in [1.29, 1.82) is 0 Å². The monoisotopic (exact) mass is 352 g/mol. The van der Waals surface area contributed by atoms with Crippen molar-refractivity contribution in [3.8, 4) is 0 Å². The summed E-state index contributed by atoms with van der Waals surface area (Å²) in [5, 5.41) is 0. The van der Waals surface area contributed by atoms with Crippen molar-refractivity contribution in [2.45, 2.75) is 31.1 Å². The van der Waals surface area contributed by atoms with Crippen LogP contribution in [0.5, 0.6) is 0 Å². The van der Waals surface area contributed by atoms with Gasteiger partial charge in [-0.1, -0.05) is 18.9 Å². The molecule has 1 spiro atoms. The first kappa shape index (κ1) is 15.4. The highest BCUT2D eigenvalue weighted by Crippen LogP contribution is 2.51. The molecule has 1 fully saturated rings. The molecular formula is C20H17FN2O3. The Morgan fingerprint density at radius 2 is 2.00 bits per heavy atom. The van der Waals surface area contributed by atoms with Crippen LogP contribution in [0.15, 0.2) is 45.6 Å². The summed E-state index contributed by atoms with van der Waals surface area (Å²) in [6.07, 6.45) is 3.90. The number of oxazole rings is 1. The smallest absolute Gasteiger partial charge is 0.408 e. The van der Waals surface area contributed by atoms with Gasteiger partial charge in [-0.15, -0.1) is 0 Å². The van der Waals surface area contributed by atoms with Crippen LogP contribution in [0.2, 0.25) is 0 Å². The van der Waals surface area contributed by atoms with Gasteiger partial charge in [0, 0.05) is 23.1 Å². The molecule has 26 heavy (non-hydrogen) atoms. The number of aromatic nitrogens is 1. The van der Waals surface area contributed by atoms with Crippen LogP contribution in [0.25, 0.3) is 11.1 Å². The van der Waals surface area contributed by atoms with Gasteiger partial charge in [-0.05, 0) is 43.2 Å². The quantitative estimate of drug-likeness (QED) is 0.726. The summed E-state index contributed by atoms with van der Waals surface area (Å²) >= 11 is 0. The van der Waals surface area contributed by atoms with E-state index in [0.29, 0.717) is 34.5 Å². The molecule has 0 bridgehead atoms. The molecule has 1 saturated carbocycles. The molecule has 1 aliphatic heterocycles. The normalized spacial score (nSPS) is 18.0. The summed E-state index contributed by atoms with van der Waals surface area (Å²) in [5.41, 5.74) is 2.38. The molecule has 0 saturated heterocycles. The lowest BCUT2D eigenvalue weighted by molar-refractivity contribution is 0.0985. The van der Waals surface area contributed by atoms with E-state index in [9.17, 15) is 14.0 Å². The number of carbonyl (C=O) groups is 1. The number of rotatable bonds is 1. The van der Waals surface area contributed by atoms with E-state index >= 15 is 0 Å². The molecule has 2 aromatic carbocycles. The van der Waals surface area contributed by atoms with Crippen molar-refractivity contribution >= 4 is 22.7 Å². The Bertz CT molecular complexity index is 1090. The van der Waals surface area contributed by atoms with Gasteiger partial charge in [0.1, 0.15) is 5.82 Å². The number of nitrogens with one attached hydrogen (secondary N) is 1. The van der Waals surface area contributed by atoms with Gasteiger partial charge in [0.25, 0.3) is 5.91 Å². The Kier molecular flexibility index (Phi) is 3.13. The van der Waals surface area contributed by atoms with Crippen LogP contribution in [0.4, 0.5) is 10.1 Å². The van der Waals surface area contributed by atoms with Gasteiger partial charge in [-0.25, -0.2) is 9.18 Å². The molecule has 1 N–H and O–H groups in total. The third kappa shape index (κ3) is 2.08. The molecule has 0 unspecified atom stereocenters. The Morgan fingerprint density at radius 1 is 1.19 bits per heavy atom. The molecule has 3 aromatic rings. The number of amides is 1. The van der Waals surface area contributed by atoms with Crippen molar-refractivity contribution in [1.82, 2.24) is 4.98 Å². The summed E-state index contributed by atoms with van der Waals surface area (Å²) < 4.78 is 19.7. The van der Waals surface area contributed by atoms with E-state index in [1.807, 2.05) is 6.07 Å². The number of benzene rings is 2. The third-order valence-corrected chi connectivity index (χ3v) is 5.75. The first-order valence-corrected chi connectivity index (χ1v) is 8.81. The molecule has 0 atom stereocenters. The third-order valence-electron chi connectivity index (χ3n) is 5.75. The second-order valence-corrected chi connectivity index (χ2v) is 7.24. The maximum absolute atomic E-state index is 14.6. The van der Waals surface area contributed by atoms with Gasteiger partial charge in [-0.3, -0.25) is 9.78 Å². The fraction of sp³-hybridized carbons (Fsp3) is 0.300. The second kappa shape index (κ2) is 5.30. The Balaban J connectivity index is 1.60. The van der Waals surface area contributed by atoms with Gasteiger partial charge in [0.15, 0.2) is 5.58 Å². The van der Waals surface area contributed by atoms with E-state index in [-0.39, 0.29) is 17.1 Å². The summed E-state index contributed by atoms with van der Waals surface area (Å²) in [4.78, 5) is 28.8. The largest absolute Gasteiger partial charge is 0.417 e. The summed E-state index contributed by atoms with van der Waals surface area (Å²) in [5.74, 6) is -0.985. The molecule has 5 nitrogen and oxygen atoms in total. The number of aromatic amines is 1. The number of halogens is 1. The predicted octanol–water partition coefficient (Wildman–Crippen LogP) is 3.73. The van der Waals surface area contributed by atoms with E-state index in [2.05, 4.69) is 4.98 Å². The number of hydrogen-bond donors (Lipinski definition) is 1. The highest BCUT2D eigenvalue weighted by atomic mass is 19.1. The molecule has 132 valence electrons. The molecule has 2 aliphatic rings. The lowest BCUT2D eigenvalue weighted by atomic mass is 9.80. The minimum absolute atomic E-state index is 0.202. The number of carbonyl (C=O) groups excluding carboxylic acids is 1. The summed E-state index contributed by atoms with van der Waals surface area (Å²) in [7, 11) is 0. The summed E-state index contributed by atoms with van der Waals surface area (Å²) in [6.45, 7) is 0.497. The van der Waals surface area contributed by atoms with Gasteiger partial charge in [0.2, 0.25) is 0 Å². The van der Waals surface area contributed by atoms with Crippen LogP contribution in [-0.2, 0) is 5.41 Å². The SMILES string of the molecule is O=C(c1ccc2[nH]c(=O)oc2c1)N1CC2(CCCC2)c2c(F)cccc21. The highest BCUT2D eigenvalue weighted by Gasteiger charge is 2.48. The zero-order valence-electron chi connectivity index (χ0n) is 14.0. The van der Waals surface area contributed by atoms with Gasteiger partial charge >= 0.3 is 5.76 Å². The van der Waals surface area contributed by atoms with E-state index in [1.165, 1.54) is 6.07 Å². The van der Waals surface area contributed by atoms with Crippen molar-refractivity contribution in [3.05, 3.63) is 63.9 Å². The molecule has 1 amide bonds.